The van der Waals surface area contributed by atoms with Gasteiger partial charge in [-0.2, -0.15) is 0 Å². The number of amides is 2. The first-order chi connectivity index (χ1) is 14.0. The van der Waals surface area contributed by atoms with Crippen molar-refractivity contribution in [3.05, 3.63) is 81.2 Å². The summed E-state index contributed by atoms with van der Waals surface area (Å²) in [6.07, 6.45) is 2.80. The highest BCUT2D eigenvalue weighted by Crippen LogP contribution is 2.40. The number of nitrogens with one attached hydrogen (secondary N) is 2. The monoisotopic (exact) mass is 424 g/mol. The van der Waals surface area contributed by atoms with Crippen LogP contribution in [0.3, 0.4) is 0 Å². The predicted molar refractivity (Wildman–Crippen MR) is 119 cm³/mol. The molecule has 1 heterocycles. The summed E-state index contributed by atoms with van der Waals surface area (Å²) in [4.78, 5) is 27.1. The molecular weight excluding hydrogens is 404 g/mol. The Kier molecular flexibility index (Phi) is 5.69. The van der Waals surface area contributed by atoms with Crippen molar-refractivity contribution in [1.29, 1.82) is 0 Å². The highest BCUT2D eigenvalue weighted by Gasteiger charge is 2.28. The van der Waals surface area contributed by atoms with E-state index in [4.69, 9.17) is 11.6 Å². The first-order valence-electron chi connectivity index (χ1n) is 9.59. The molecule has 1 aliphatic rings. The average Bonchev–Trinajstić information content (AvgIpc) is 3.05. The second-order valence-electron chi connectivity index (χ2n) is 7.34. The molecule has 4 rings (SSSR count). The molecule has 0 fully saturated rings. The maximum atomic E-state index is 13.2. The molecule has 0 radical (unpaired) electrons. The summed E-state index contributed by atoms with van der Waals surface area (Å²) >= 11 is 7.56. The number of benzene rings is 2. The van der Waals surface area contributed by atoms with Gasteiger partial charge in [-0.15, -0.1) is 11.3 Å². The molecule has 6 heteroatoms. The lowest BCUT2D eigenvalue weighted by atomic mass is 9.88. The first-order valence-corrected chi connectivity index (χ1v) is 10.8. The van der Waals surface area contributed by atoms with E-state index in [1.807, 2.05) is 18.2 Å². The van der Waals surface area contributed by atoms with Gasteiger partial charge in [-0.25, -0.2) is 0 Å². The molecule has 0 aliphatic heterocycles. The molecular formula is C23H21ClN2O2S. The number of carbonyl (C=O) groups is 2. The quantitative estimate of drug-likeness (QED) is 0.537. The highest BCUT2D eigenvalue weighted by atomic mass is 35.5. The van der Waals surface area contributed by atoms with Gasteiger partial charge in [0.05, 0.1) is 5.56 Å². The largest absolute Gasteiger partial charge is 0.322 e. The minimum Gasteiger partial charge on any atom is -0.322 e. The second kappa shape index (κ2) is 8.39. The summed E-state index contributed by atoms with van der Waals surface area (Å²) in [7, 11) is 0. The fourth-order valence-corrected chi connectivity index (χ4v) is 5.20. The van der Waals surface area contributed by atoms with Crippen molar-refractivity contribution in [1.82, 2.24) is 0 Å². The van der Waals surface area contributed by atoms with Gasteiger partial charge in [-0.3, -0.25) is 9.59 Å². The Hall–Kier alpha value is -2.63. The van der Waals surface area contributed by atoms with Crippen molar-refractivity contribution in [3.63, 3.8) is 0 Å². The molecule has 0 saturated carbocycles. The van der Waals surface area contributed by atoms with E-state index in [2.05, 4.69) is 17.6 Å². The van der Waals surface area contributed by atoms with Crippen LogP contribution in [0, 0.1) is 5.92 Å². The first kappa shape index (κ1) is 19.7. The van der Waals surface area contributed by atoms with Gasteiger partial charge in [0.25, 0.3) is 11.8 Å². The SMILES string of the molecule is CC1CCc2c(sc(NC(=O)c3ccccc3)c2C(=O)Nc2cccc(Cl)c2)C1. The number of carbonyl (C=O) groups excluding carboxylic acids is 2. The van der Waals surface area contributed by atoms with Crippen LogP contribution in [0.5, 0.6) is 0 Å². The molecule has 0 saturated heterocycles. The fraction of sp³-hybridized carbons (Fsp3) is 0.217. The third kappa shape index (κ3) is 4.36. The van der Waals surface area contributed by atoms with Crippen LogP contribution >= 0.6 is 22.9 Å². The Morgan fingerprint density at radius 3 is 2.59 bits per heavy atom. The van der Waals surface area contributed by atoms with Gasteiger partial charge in [0.15, 0.2) is 0 Å². The number of thiophene rings is 1. The summed E-state index contributed by atoms with van der Waals surface area (Å²) in [5, 5.41) is 7.07. The van der Waals surface area contributed by atoms with E-state index in [-0.39, 0.29) is 11.8 Å². The third-order valence-electron chi connectivity index (χ3n) is 5.08. The number of fused-ring (bicyclic) bond motifs is 1. The topological polar surface area (TPSA) is 58.2 Å². The summed E-state index contributed by atoms with van der Waals surface area (Å²) in [5.41, 5.74) is 2.82. The van der Waals surface area contributed by atoms with Gasteiger partial charge in [-0.05, 0) is 61.1 Å². The van der Waals surface area contributed by atoms with Crippen molar-refractivity contribution in [2.24, 2.45) is 5.92 Å². The molecule has 1 unspecified atom stereocenters. The van der Waals surface area contributed by atoms with Crippen molar-refractivity contribution in [2.75, 3.05) is 10.6 Å². The Morgan fingerprint density at radius 2 is 1.83 bits per heavy atom. The van der Waals surface area contributed by atoms with Crippen LogP contribution in [-0.4, -0.2) is 11.8 Å². The Bertz CT molecular complexity index is 1060. The molecule has 29 heavy (non-hydrogen) atoms. The molecule has 4 nitrogen and oxygen atoms in total. The van der Waals surface area contributed by atoms with Gasteiger partial charge in [0.2, 0.25) is 0 Å². The zero-order chi connectivity index (χ0) is 20.4. The lowest BCUT2D eigenvalue weighted by Gasteiger charge is -2.18. The van der Waals surface area contributed by atoms with Crippen molar-refractivity contribution in [2.45, 2.75) is 26.2 Å². The fourth-order valence-electron chi connectivity index (χ4n) is 3.60. The Morgan fingerprint density at radius 1 is 1.03 bits per heavy atom. The Labute approximate surface area is 178 Å². The van der Waals surface area contributed by atoms with Gasteiger partial charge in [0.1, 0.15) is 5.00 Å². The molecule has 2 amide bonds. The minimum atomic E-state index is -0.220. The third-order valence-corrected chi connectivity index (χ3v) is 6.49. The van der Waals surface area contributed by atoms with E-state index < -0.39 is 0 Å². The lowest BCUT2D eigenvalue weighted by Crippen LogP contribution is -2.19. The van der Waals surface area contributed by atoms with E-state index in [1.165, 1.54) is 16.2 Å². The zero-order valence-corrected chi connectivity index (χ0v) is 17.6. The number of halogens is 1. The number of hydrogen-bond acceptors (Lipinski definition) is 3. The van der Waals surface area contributed by atoms with E-state index in [0.29, 0.717) is 32.8 Å². The van der Waals surface area contributed by atoms with Crippen molar-refractivity contribution < 1.29 is 9.59 Å². The zero-order valence-electron chi connectivity index (χ0n) is 16.0. The lowest BCUT2D eigenvalue weighted by molar-refractivity contribution is 0.102. The van der Waals surface area contributed by atoms with Crippen LogP contribution in [-0.2, 0) is 12.8 Å². The van der Waals surface area contributed by atoms with Crippen LogP contribution in [0.25, 0.3) is 0 Å². The molecule has 2 N–H and O–H groups in total. The Balaban J connectivity index is 1.67. The second-order valence-corrected chi connectivity index (χ2v) is 8.88. The van der Waals surface area contributed by atoms with E-state index >= 15 is 0 Å². The maximum absolute atomic E-state index is 13.2. The van der Waals surface area contributed by atoms with Gasteiger partial charge in [0, 0.05) is 21.2 Å². The van der Waals surface area contributed by atoms with Gasteiger partial charge >= 0.3 is 0 Å². The number of anilines is 2. The molecule has 0 spiro atoms. The summed E-state index contributed by atoms with van der Waals surface area (Å²) in [5.74, 6) is 0.138. The van der Waals surface area contributed by atoms with Gasteiger partial charge < -0.3 is 10.6 Å². The van der Waals surface area contributed by atoms with Crippen molar-refractivity contribution >= 4 is 45.4 Å². The summed E-state index contributed by atoms with van der Waals surface area (Å²) in [6.45, 7) is 2.22. The number of rotatable bonds is 4. The van der Waals surface area contributed by atoms with E-state index in [1.54, 1.807) is 36.4 Å². The van der Waals surface area contributed by atoms with Crippen LogP contribution < -0.4 is 10.6 Å². The van der Waals surface area contributed by atoms with Crippen molar-refractivity contribution in [3.8, 4) is 0 Å². The van der Waals surface area contributed by atoms with Crippen LogP contribution in [0.1, 0.15) is 44.5 Å². The molecule has 3 aromatic rings. The van der Waals surface area contributed by atoms with Gasteiger partial charge in [-0.1, -0.05) is 42.8 Å². The highest BCUT2D eigenvalue weighted by molar-refractivity contribution is 7.17. The van der Waals surface area contributed by atoms with E-state index in [9.17, 15) is 9.59 Å². The molecule has 1 aromatic heterocycles. The number of hydrogen-bond donors (Lipinski definition) is 2. The maximum Gasteiger partial charge on any atom is 0.258 e. The van der Waals surface area contributed by atoms with Crippen LogP contribution in [0.15, 0.2) is 54.6 Å². The molecule has 148 valence electrons. The molecule has 1 aliphatic carbocycles. The normalized spacial score (nSPS) is 15.4. The average molecular weight is 425 g/mol. The van der Waals surface area contributed by atoms with E-state index in [0.717, 1.165) is 24.8 Å². The summed E-state index contributed by atoms with van der Waals surface area (Å²) < 4.78 is 0. The summed E-state index contributed by atoms with van der Waals surface area (Å²) in [6, 6.07) is 16.1. The van der Waals surface area contributed by atoms with Crippen LogP contribution in [0.2, 0.25) is 5.02 Å². The van der Waals surface area contributed by atoms with Crippen LogP contribution in [0.4, 0.5) is 10.7 Å². The molecule has 1 atom stereocenters. The predicted octanol–water partition coefficient (Wildman–Crippen LogP) is 6.03. The standard InChI is InChI=1S/C23H21ClN2O2S/c1-14-10-11-18-19(12-14)29-23(26-21(27)15-6-3-2-4-7-15)20(18)22(28)25-17-9-5-8-16(24)13-17/h2-9,13-14H,10-12H2,1H3,(H,25,28)(H,26,27). The molecule has 0 bridgehead atoms. The smallest absolute Gasteiger partial charge is 0.258 e. The molecule has 2 aromatic carbocycles. The minimum absolute atomic E-state index is 0.214.